The Bertz CT molecular complexity index is 1460. The maximum absolute atomic E-state index is 13.1. The number of nitrogens with zero attached hydrogens (tertiary/aromatic N) is 2. The number of carbonyl (C=O) groups excluding carboxylic acids is 2. The Morgan fingerprint density at radius 2 is 1.92 bits per heavy atom. The van der Waals surface area contributed by atoms with Crippen LogP contribution in [0.4, 0.5) is 0 Å². The SMILES string of the molecule is CC(C)Oc1ccc(C(=O)N[C@H](CNC(=O)CCN)Cc2ccc(-c3cn4cccc(Br)c4n3)cc2)cc1Cl. The topological polar surface area (TPSA) is 111 Å². The number of aromatic nitrogens is 2. The standard InChI is InChI=1S/C29H31BrClN5O3/c1-18(2)39-26-10-9-21(15-24(26)31)29(38)34-22(16-33-27(37)11-12-32)14-19-5-7-20(8-6-19)25-17-36-13-3-4-23(30)28(36)35-25/h3-10,13,15,17-18,22H,11-12,14,16,32H2,1-2H3,(H,33,37)(H,34,38)/t22-/m0/s1. The van der Waals surface area contributed by atoms with Gasteiger partial charge in [-0.15, -0.1) is 0 Å². The number of hydrogen-bond donors (Lipinski definition) is 3. The van der Waals surface area contributed by atoms with Gasteiger partial charge in [-0.3, -0.25) is 9.59 Å². The Labute approximate surface area is 241 Å². The van der Waals surface area contributed by atoms with Crippen molar-refractivity contribution in [3.8, 4) is 17.0 Å². The predicted molar refractivity (Wildman–Crippen MR) is 157 cm³/mol. The van der Waals surface area contributed by atoms with Crippen molar-refractivity contribution >= 4 is 45.0 Å². The van der Waals surface area contributed by atoms with E-state index >= 15 is 0 Å². The van der Waals surface area contributed by atoms with Crippen molar-refractivity contribution in [1.29, 1.82) is 0 Å². The number of ether oxygens (including phenoxy) is 1. The molecule has 0 saturated heterocycles. The molecule has 0 fully saturated rings. The van der Waals surface area contributed by atoms with Crippen molar-refractivity contribution in [2.75, 3.05) is 13.1 Å². The third-order valence-electron chi connectivity index (χ3n) is 5.98. The van der Waals surface area contributed by atoms with Gasteiger partial charge in [-0.25, -0.2) is 4.98 Å². The van der Waals surface area contributed by atoms with Crippen LogP contribution >= 0.6 is 27.5 Å². The second kappa shape index (κ2) is 13.1. The Kier molecular flexibility index (Phi) is 9.61. The average molecular weight is 613 g/mol. The molecule has 0 aliphatic carbocycles. The number of hydrogen-bond acceptors (Lipinski definition) is 5. The molecular formula is C29H31BrClN5O3. The van der Waals surface area contributed by atoms with Crippen molar-refractivity contribution in [3.05, 3.63) is 87.6 Å². The van der Waals surface area contributed by atoms with Crippen LogP contribution in [-0.2, 0) is 11.2 Å². The maximum Gasteiger partial charge on any atom is 0.251 e. The minimum atomic E-state index is -0.360. The lowest BCUT2D eigenvalue weighted by atomic mass is 10.0. The van der Waals surface area contributed by atoms with Gasteiger partial charge in [0.25, 0.3) is 5.91 Å². The Balaban J connectivity index is 1.48. The van der Waals surface area contributed by atoms with Crippen molar-refractivity contribution in [1.82, 2.24) is 20.0 Å². The highest BCUT2D eigenvalue weighted by Crippen LogP contribution is 2.27. The van der Waals surface area contributed by atoms with Gasteiger partial charge in [-0.2, -0.15) is 0 Å². The molecule has 4 aromatic rings. The number of imidazole rings is 1. The fraction of sp³-hybridized carbons (Fsp3) is 0.276. The normalized spacial score (nSPS) is 11.9. The number of fused-ring (bicyclic) bond motifs is 1. The van der Waals surface area contributed by atoms with Crippen molar-refractivity contribution in [2.24, 2.45) is 5.73 Å². The zero-order chi connectivity index (χ0) is 27.9. The van der Waals surface area contributed by atoms with Crippen LogP contribution in [0, 0.1) is 0 Å². The summed E-state index contributed by atoms with van der Waals surface area (Å²) in [5.41, 5.74) is 9.59. The first-order valence-corrected chi connectivity index (χ1v) is 13.9. The molecular weight excluding hydrogens is 582 g/mol. The fourth-order valence-electron chi connectivity index (χ4n) is 4.10. The highest BCUT2D eigenvalue weighted by molar-refractivity contribution is 9.10. The first kappa shape index (κ1) is 28.6. The largest absolute Gasteiger partial charge is 0.489 e. The summed E-state index contributed by atoms with van der Waals surface area (Å²) in [6.07, 6.45) is 4.62. The van der Waals surface area contributed by atoms with Crippen LogP contribution in [0.15, 0.2) is 71.5 Å². The van der Waals surface area contributed by atoms with Crippen LogP contribution in [0.5, 0.6) is 5.75 Å². The van der Waals surface area contributed by atoms with Gasteiger partial charge < -0.3 is 25.5 Å². The molecule has 2 aromatic carbocycles. The first-order chi connectivity index (χ1) is 18.7. The molecule has 8 nitrogen and oxygen atoms in total. The van der Waals surface area contributed by atoms with Crippen LogP contribution in [0.3, 0.4) is 0 Å². The molecule has 39 heavy (non-hydrogen) atoms. The maximum atomic E-state index is 13.1. The van der Waals surface area contributed by atoms with Crippen molar-refractivity contribution in [3.63, 3.8) is 0 Å². The summed E-state index contributed by atoms with van der Waals surface area (Å²) in [5, 5.41) is 6.25. The van der Waals surface area contributed by atoms with E-state index in [4.69, 9.17) is 27.1 Å². The van der Waals surface area contributed by atoms with E-state index in [9.17, 15) is 9.59 Å². The molecule has 0 unspecified atom stereocenters. The summed E-state index contributed by atoms with van der Waals surface area (Å²) in [5.74, 6) is 0.0631. The fourth-order valence-corrected chi connectivity index (χ4v) is 4.78. The number of amides is 2. The van der Waals surface area contributed by atoms with Gasteiger partial charge >= 0.3 is 0 Å². The van der Waals surface area contributed by atoms with Crippen LogP contribution in [0.25, 0.3) is 16.9 Å². The summed E-state index contributed by atoms with van der Waals surface area (Å²) in [6.45, 7) is 4.33. The zero-order valence-electron chi connectivity index (χ0n) is 21.8. The van der Waals surface area contributed by atoms with Gasteiger partial charge in [0.15, 0.2) is 5.65 Å². The number of halogens is 2. The second-order valence-corrected chi connectivity index (χ2v) is 10.7. The molecule has 204 valence electrons. The molecule has 0 radical (unpaired) electrons. The van der Waals surface area contributed by atoms with Gasteiger partial charge in [0.1, 0.15) is 5.75 Å². The lowest BCUT2D eigenvalue weighted by Gasteiger charge is -2.20. The Hall–Kier alpha value is -3.40. The molecule has 4 N–H and O–H groups in total. The van der Waals surface area contributed by atoms with E-state index in [1.807, 2.05) is 67.0 Å². The number of rotatable bonds is 11. The van der Waals surface area contributed by atoms with Crippen LogP contribution < -0.4 is 21.1 Å². The third-order valence-corrected chi connectivity index (χ3v) is 6.89. The molecule has 0 bridgehead atoms. The van der Waals surface area contributed by atoms with E-state index in [1.165, 1.54) is 0 Å². The molecule has 0 aliphatic heterocycles. The van der Waals surface area contributed by atoms with Gasteiger partial charge in [0, 0.05) is 43.0 Å². The van der Waals surface area contributed by atoms with E-state index in [-0.39, 0.29) is 43.5 Å². The lowest BCUT2D eigenvalue weighted by Crippen LogP contribution is -2.45. The van der Waals surface area contributed by atoms with E-state index in [2.05, 4.69) is 26.6 Å². The highest BCUT2D eigenvalue weighted by Gasteiger charge is 2.18. The molecule has 0 aliphatic rings. The summed E-state index contributed by atoms with van der Waals surface area (Å²) < 4.78 is 8.55. The molecule has 0 saturated carbocycles. The monoisotopic (exact) mass is 611 g/mol. The minimum absolute atomic E-state index is 0.0374. The zero-order valence-corrected chi connectivity index (χ0v) is 24.1. The van der Waals surface area contributed by atoms with Gasteiger partial charge in [-0.05, 0) is 72.1 Å². The van der Waals surface area contributed by atoms with Gasteiger partial charge in [-0.1, -0.05) is 35.9 Å². The van der Waals surface area contributed by atoms with Crippen LogP contribution in [0.1, 0.15) is 36.2 Å². The molecule has 2 heterocycles. The van der Waals surface area contributed by atoms with E-state index in [0.717, 1.165) is 26.9 Å². The number of pyridine rings is 1. The summed E-state index contributed by atoms with van der Waals surface area (Å²) in [4.78, 5) is 29.9. The summed E-state index contributed by atoms with van der Waals surface area (Å²) >= 11 is 9.88. The van der Waals surface area contributed by atoms with Gasteiger partial charge in [0.05, 0.1) is 27.3 Å². The van der Waals surface area contributed by atoms with Crippen molar-refractivity contribution in [2.45, 2.75) is 38.8 Å². The number of nitrogens with one attached hydrogen (secondary N) is 2. The van der Waals surface area contributed by atoms with Gasteiger partial charge in [0.2, 0.25) is 5.91 Å². The average Bonchev–Trinajstić information content (AvgIpc) is 3.34. The Morgan fingerprint density at radius 1 is 1.15 bits per heavy atom. The molecule has 10 heteroatoms. The summed E-state index contributed by atoms with van der Waals surface area (Å²) in [6, 6.07) is 16.5. The Morgan fingerprint density at radius 3 is 2.59 bits per heavy atom. The van der Waals surface area contributed by atoms with E-state index < -0.39 is 0 Å². The molecule has 2 amide bonds. The highest BCUT2D eigenvalue weighted by atomic mass is 79.9. The number of nitrogens with two attached hydrogens (primary N) is 1. The van der Waals surface area contributed by atoms with Crippen LogP contribution in [-0.4, -0.2) is 46.4 Å². The van der Waals surface area contributed by atoms with Crippen molar-refractivity contribution < 1.29 is 14.3 Å². The molecule has 4 rings (SSSR count). The molecule has 0 spiro atoms. The number of benzene rings is 2. The van der Waals surface area contributed by atoms with E-state index in [1.54, 1.807) is 18.2 Å². The van der Waals surface area contributed by atoms with Crippen LogP contribution in [0.2, 0.25) is 5.02 Å². The lowest BCUT2D eigenvalue weighted by molar-refractivity contribution is -0.121. The molecule has 1 atom stereocenters. The first-order valence-electron chi connectivity index (χ1n) is 12.7. The van der Waals surface area contributed by atoms with E-state index in [0.29, 0.717) is 22.8 Å². The quantitative estimate of drug-likeness (QED) is 0.221. The summed E-state index contributed by atoms with van der Waals surface area (Å²) in [7, 11) is 0. The minimum Gasteiger partial charge on any atom is -0.489 e. The molecule has 2 aromatic heterocycles. The number of carbonyl (C=O) groups is 2. The second-order valence-electron chi connectivity index (χ2n) is 9.44. The smallest absolute Gasteiger partial charge is 0.251 e. The predicted octanol–water partition coefficient (Wildman–Crippen LogP) is 5.01. The third kappa shape index (κ3) is 7.59.